The number of carbonyl (C=O) groups is 1. The molecule has 3 heteroatoms. The lowest BCUT2D eigenvalue weighted by molar-refractivity contribution is -0.129. The van der Waals surface area contributed by atoms with Crippen molar-refractivity contribution in [1.29, 1.82) is 0 Å². The van der Waals surface area contributed by atoms with Crippen molar-refractivity contribution in [3.63, 3.8) is 0 Å². The number of furan rings is 1. The van der Waals surface area contributed by atoms with Gasteiger partial charge in [-0.25, -0.2) is 0 Å². The maximum Gasteiger partial charge on any atom is 0.147 e. The fraction of sp³-hybridized carbons (Fsp3) is 0.583. The zero-order valence-corrected chi connectivity index (χ0v) is 9.83. The van der Waals surface area contributed by atoms with Gasteiger partial charge in [0.1, 0.15) is 11.5 Å². The largest absolute Gasteiger partial charge is 0.469 e. The summed E-state index contributed by atoms with van der Waals surface area (Å²) >= 11 is 0. The third kappa shape index (κ3) is 2.48. The molecule has 0 aliphatic rings. The zero-order valence-electron chi connectivity index (χ0n) is 9.83. The van der Waals surface area contributed by atoms with E-state index in [1.54, 1.807) is 18.4 Å². The first-order valence-corrected chi connectivity index (χ1v) is 5.10. The van der Waals surface area contributed by atoms with Crippen molar-refractivity contribution in [3.05, 3.63) is 24.2 Å². The summed E-state index contributed by atoms with van der Waals surface area (Å²) < 4.78 is 5.15. The van der Waals surface area contributed by atoms with Crippen molar-refractivity contribution >= 4 is 5.78 Å². The molecule has 1 heterocycles. The molecule has 0 radical (unpaired) electrons. The van der Waals surface area contributed by atoms with Crippen molar-refractivity contribution in [2.24, 2.45) is 11.1 Å². The minimum absolute atomic E-state index is 0.102. The fourth-order valence-corrected chi connectivity index (χ4v) is 1.15. The summed E-state index contributed by atoms with van der Waals surface area (Å²) in [4.78, 5) is 12.0. The van der Waals surface area contributed by atoms with Crippen molar-refractivity contribution in [3.8, 4) is 0 Å². The second kappa shape index (κ2) is 3.81. The molecule has 15 heavy (non-hydrogen) atoms. The number of hydrogen-bond donors (Lipinski definition) is 1. The maximum absolute atomic E-state index is 12.0. The molecule has 1 aromatic rings. The molecule has 0 spiro atoms. The summed E-state index contributed by atoms with van der Waals surface area (Å²) in [5.41, 5.74) is 4.90. The number of hydrogen-bond acceptors (Lipinski definition) is 3. The Balaban J connectivity index is 2.77. The Morgan fingerprint density at radius 3 is 2.40 bits per heavy atom. The van der Waals surface area contributed by atoms with Crippen LogP contribution in [-0.2, 0) is 11.2 Å². The second-order valence-electron chi connectivity index (χ2n) is 5.03. The highest BCUT2D eigenvalue weighted by molar-refractivity contribution is 5.87. The summed E-state index contributed by atoms with van der Waals surface area (Å²) in [6.45, 7) is 7.48. The molecule has 0 saturated carbocycles. The number of rotatable bonds is 4. The van der Waals surface area contributed by atoms with Gasteiger partial charge >= 0.3 is 0 Å². The first-order valence-electron chi connectivity index (χ1n) is 5.10. The lowest BCUT2D eigenvalue weighted by Gasteiger charge is -2.36. The van der Waals surface area contributed by atoms with E-state index in [-0.39, 0.29) is 5.78 Å². The monoisotopic (exact) mass is 209 g/mol. The van der Waals surface area contributed by atoms with Crippen LogP contribution in [0.15, 0.2) is 22.8 Å². The molecule has 0 saturated heterocycles. The molecule has 1 rings (SSSR count). The van der Waals surface area contributed by atoms with Gasteiger partial charge in [0.05, 0.1) is 12.7 Å². The molecular weight excluding hydrogens is 190 g/mol. The number of carbonyl (C=O) groups excluding carboxylic acids is 1. The summed E-state index contributed by atoms with van der Waals surface area (Å²) in [7, 11) is 0. The van der Waals surface area contributed by atoms with Crippen LogP contribution in [0.2, 0.25) is 0 Å². The number of nitrogens with two attached hydrogens (primary N) is 1. The van der Waals surface area contributed by atoms with Crippen LogP contribution in [0.4, 0.5) is 0 Å². The van der Waals surface area contributed by atoms with Gasteiger partial charge in [-0.15, -0.1) is 0 Å². The Morgan fingerprint density at radius 2 is 2.00 bits per heavy atom. The normalized spacial score (nSPS) is 12.9. The highest BCUT2D eigenvalue weighted by Gasteiger charge is 2.39. The van der Waals surface area contributed by atoms with Crippen LogP contribution in [0.5, 0.6) is 0 Å². The van der Waals surface area contributed by atoms with Gasteiger partial charge in [0.15, 0.2) is 0 Å². The molecule has 0 aliphatic heterocycles. The van der Waals surface area contributed by atoms with Gasteiger partial charge in [-0.2, -0.15) is 0 Å². The average Bonchev–Trinajstić information content (AvgIpc) is 2.54. The van der Waals surface area contributed by atoms with Crippen LogP contribution >= 0.6 is 0 Å². The van der Waals surface area contributed by atoms with E-state index < -0.39 is 11.0 Å². The molecule has 84 valence electrons. The van der Waals surface area contributed by atoms with Gasteiger partial charge in [0, 0.05) is 11.0 Å². The van der Waals surface area contributed by atoms with Crippen molar-refractivity contribution < 1.29 is 9.21 Å². The van der Waals surface area contributed by atoms with Crippen molar-refractivity contribution in [2.75, 3.05) is 0 Å². The summed E-state index contributed by atoms with van der Waals surface area (Å²) in [5.74, 6) is 0.794. The van der Waals surface area contributed by atoms with Gasteiger partial charge in [-0.3, -0.25) is 4.79 Å². The Labute approximate surface area is 90.6 Å². The molecule has 0 unspecified atom stereocenters. The van der Waals surface area contributed by atoms with Gasteiger partial charge in [-0.1, -0.05) is 13.8 Å². The summed E-state index contributed by atoms with van der Waals surface area (Å²) in [6, 6.07) is 3.58. The predicted octanol–water partition coefficient (Wildman–Crippen LogP) is 2.15. The first kappa shape index (κ1) is 12.0. The van der Waals surface area contributed by atoms with E-state index in [0.717, 1.165) is 0 Å². The third-order valence-corrected chi connectivity index (χ3v) is 3.22. The standard InChI is InChI=1S/C12H19NO2/c1-11(2,12(3,4)13)10(14)8-9-6-5-7-15-9/h5-7H,8,13H2,1-4H3. The van der Waals surface area contributed by atoms with E-state index in [9.17, 15) is 4.79 Å². The highest BCUT2D eigenvalue weighted by Crippen LogP contribution is 2.30. The van der Waals surface area contributed by atoms with E-state index in [2.05, 4.69) is 0 Å². The third-order valence-electron chi connectivity index (χ3n) is 3.22. The molecular formula is C12H19NO2. The molecule has 2 N–H and O–H groups in total. The van der Waals surface area contributed by atoms with E-state index in [1.807, 2.05) is 27.7 Å². The Hall–Kier alpha value is -1.09. The zero-order chi connectivity index (χ0) is 11.7. The van der Waals surface area contributed by atoms with E-state index >= 15 is 0 Å². The molecule has 1 aromatic heterocycles. The van der Waals surface area contributed by atoms with E-state index in [0.29, 0.717) is 12.2 Å². The van der Waals surface area contributed by atoms with E-state index in [4.69, 9.17) is 10.2 Å². The molecule has 3 nitrogen and oxygen atoms in total. The molecule has 0 atom stereocenters. The van der Waals surface area contributed by atoms with Crippen LogP contribution in [-0.4, -0.2) is 11.3 Å². The number of ketones is 1. The van der Waals surface area contributed by atoms with Crippen LogP contribution < -0.4 is 5.73 Å². The maximum atomic E-state index is 12.0. The smallest absolute Gasteiger partial charge is 0.147 e. The lowest BCUT2D eigenvalue weighted by Crippen LogP contribution is -2.52. The predicted molar refractivity (Wildman–Crippen MR) is 59.5 cm³/mol. The highest BCUT2D eigenvalue weighted by atomic mass is 16.3. The quantitative estimate of drug-likeness (QED) is 0.826. The molecule has 0 amide bonds. The van der Waals surface area contributed by atoms with Gasteiger partial charge < -0.3 is 10.2 Å². The lowest BCUT2D eigenvalue weighted by atomic mass is 9.71. The minimum atomic E-state index is -0.556. The Kier molecular flexibility index (Phi) is 3.05. The first-order chi connectivity index (χ1) is 6.75. The van der Waals surface area contributed by atoms with Gasteiger partial charge in [0.2, 0.25) is 0 Å². The van der Waals surface area contributed by atoms with Crippen molar-refractivity contribution in [2.45, 2.75) is 39.7 Å². The van der Waals surface area contributed by atoms with Gasteiger partial charge in [-0.05, 0) is 26.0 Å². The molecule has 0 bridgehead atoms. The Morgan fingerprint density at radius 1 is 1.40 bits per heavy atom. The van der Waals surface area contributed by atoms with Crippen molar-refractivity contribution in [1.82, 2.24) is 0 Å². The molecule has 0 aromatic carbocycles. The van der Waals surface area contributed by atoms with Crippen LogP contribution in [0, 0.1) is 5.41 Å². The van der Waals surface area contributed by atoms with Crippen LogP contribution in [0.3, 0.4) is 0 Å². The van der Waals surface area contributed by atoms with Crippen LogP contribution in [0.1, 0.15) is 33.5 Å². The van der Waals surface area contributed by atoms with E-state index in [1.165, 1.54) is 0 Å². The SMILES string of the molecule is CC(C)(N)C(C)(C)C(=O)Cc1ccco1. The summed E-state index contributed by atoms with van der Waals surface area (Å²) in [5, 5.41) is 0. The minimum Gasteiger partial charge on any atom is -0.469 e. The molecule has 0 aliphatic carbocycles. The topological polar surface area (TPSA) is 56.2 Å². The summed E-state index contributed by atoms with van der Waals surface area (Å²) in [6.07, 6.45) is 1.88. The van der Waals surface area contributed by atoms with Crippen LogP contribution in [0.25, 0.3) is 0 Å². The second-order valence-corrected chi connectivity index (χ2v) is 5.03. The fourth-order valence-electron chi connectivity index (χ4n) is 1.15. The average molecular weight is 209 g/mol. The van der Waals surface area contributed by atoms with Gasteiger partial charge in [0.25, 0.3) is 0 Å². The molecule has 0 fully saturated rings. The Bertz CT molecular complexity index is 331. The number of Topliss-reactive ketones (excluding diaryl/α,β-unsaturated/α-hetero) is 1.